The summed E-state index contributed by atoms with van der Waals surface area (Å²) < 4.78 is 0. The Hall–Kier alpha value is -0.300. The molecule has 0 aromatic heterocycles. The smallest absolute Gasteiger partial charge is 0.0955 e. The summed E-state index contributed by atoms with van der Waals surface area (Å²) in [5, 5.41) is 11.1. The number of hydrogen-bond donors (Lipinski definition) is 0. The summed E-state index contributed by atoms with van der Waals surface area (Å²) in [7, 11) is 0. The molecule has 0 rings (SSSR count). The Morgan fingerprint density at radius 1 is 1.50 bits per heavy atom. The van der Waals surface area contributed by atoms with Crippen molar-refractivity contribution in [2.45, 2.75) is 39.7 Å². The van der Waals surface area contributed by atoms with E-state index < -0.39 is 0 Å². The van der Waals surface area contributed by atoms with Crippen molar-refractivity contribution in [3.63, 3.8) is 0 Å². The molecule has 1 heteroatoms. The molecule has 10 heavy (non-hydrogen) atoms. The van der Waals surface area contributed by atoms with Gasteiger partial charge in [0.15, 0.2) is 0 Å². The molecule has 0 bridgehead atoms. The average molecular weight is 141 g/mol. The van der Waals surface area contributed by atoms with Crippen LogP contribution >= 0.6 is 0 Å². The van der Waals surface area contributed by atoms with Crippen LogP contribution in [0.4, 0.5) is 0 Å². The second-order valence-electron chi connectivity index (χ2n) is 2.73. The predicted molar refractivity (Wildman–Crippen MR) is 43.4 cm³/mol. The van der Waals surface area contributed by atoms with Crippen molar-refractivity contribution in [2.75, 3.05) is 0 Å². The molecule has 0 aliphatic heterocycles. The highest BCUT2D eigenvalue weighted by molar-refractivity contribution is 4.80. The van der Waals surface area contributed by atoms with Crippen LogP contribution in [0.5, 0.6) is 0 Å². The van der Waals surface area contributed by atoms with Gasteiger partial charge in [0.1, 0.15) is 0 Å². The highest BCUT2D eigenvalue weighted by Crippen LogP contribution is 2.11. The first-order valence-electron chi connectivity index (χ1n) is 3.99. The van der Waals surface area contributed by atoms with Crippen LogP contribution in [-0.4, -0.2) is 6.10 Å². The zero-order chi connectivity index (χ0) is 7.98. The predicted octanol–water partition coefficient (Wildman–Crippen LogP) is 2.80. The lowest BCUT2D eigenvalue weighted by atomic mass is 9.99. The third-order valence-electron chi connectivity index (χ3n) is 1.78. The van der Waals surface area contributed by atoms with Gasteiger partial charge in [-0.05, 0) is 25.7 Å². The first-order valence-corrected chi connectivity index (χ1v) is 3.99. The van der Waals surface area contributed by atoms with Gasteiger partial charge in [-0.1, -0.05) is 26.0 Å². The first-order chi connectivity index (χ1) is 4.72. The minimum Gasteiger partial charge on any atom is -0.233 e. The largest absolute Gasteiger partial charge is 0.233 e. The maximum absolute atomic E-state index is 11.1. The Labute approximate surface area is 63.8 Å². The van der Waals surface area contributed by atoms with E-state index >= 15 is 0 Å². The second-order valence-corrected chi connectivity index (χ2v) is 2.73. The molecule has 0 aromatic rings. The van der Waals surface area contributed by atoms with E-state index in [9.17, 15) is 5.11 Å². The average Bonchev–Trinajstić information content (AvgIpc) is 1.98. The Morgan fingerprint density at radius 2 is 2.10 bits per heavy atom. The molecule has 0 saturated heterocycles. The zero-order valence-corrected chi connectivity index (χ0v) is 7.13. The normalized spacial score (nSPS) is 17.6. The van der Waals surface area contributed by atoms with Crippen LogP contribution in [0.3, 0.4) is 0 Å². The molecule has 0 aliphatic rings. The summed E-state index contributed by atoms with van der Waals surface area (Å²) in [6.07, 6.45) is 5.36. The lowest BCUT2D eigenvalue weighted by molar-refractivity contribution is 0.0412. The summed E-state index contributed by atoms with van der Waals surface area (Å²) in [5.74, 6) is 0.293. The molecular formula is C9H17O. The van der Waals surface area contributed by atoms with E-state index in [0.717, 1.165) is 12.8 Å². The monoisotopic (exact) mass is 141 g/mol. The molecule has 2 unspecified atom stereocenters. The van der Waals surface area contributed by atoms with E-state index in [-0.39, 0.29) is 6.10 Å². The Balaban J connectivity index is 3.50. The van der Waals surface area contributed by atoms with E-state index in [1.807, 2.05) is 26.8 Å². The third-order valence-corrected chi connectivity index (χ3v) is 1.78. The maximum Gasteiger partial charge on any atom is 0.0955 e. The summed E-state index contributed by atoms with van der Waals surface area (Å²) in [4.78, 5) is 0. The highest BCUT2D eigenvalue weighted by Gasteiger charge is 2.10. The third kappa shape index (κ3) is 3.67. The zero-order valence-electron chi connectivity index (χ0n) is 7.13. The van der Waals surface area contributed by atoms with Crippen LogP contribution in [0.2, 0.25) is 0 Å². The fourth-order valence-electron chi connectivity index (χ4n) is 0.905. The van der Waals surface area contributed by atoms with Crippen molar-refractivity contribution >= 4 is 0 Å². The second kappa shape index (κ2) is 5.48. The quantitative estimate of drug-likeness (QED) is 0.536. The van der Waals surface area contributed by atoms with Crippen LogP contribution in [0.15, 0.2) is 12.2 Å². The molecular weight excluding hydrogens is 124 g/mol. The van der Waals surface area contributed by atoms with Crippen molar-refractivity contribution in [2.24, 2.45) is 5.92 Å². The molecule has 1 nitrogen and oxygen atoms in total. The molecule has 0 amide bonds. The van der Waals surface area contributed by atoms with Crippen molar-refractivity contribution < 1.29 is 5.11 Å². The highest BCUT2D eigenvalue weighted by atomic mass is 16.3. The lowest BCUT2D eigenvalue weighted by Gasteiger charge is -2.11. The summed E-state index contributed by atoms with van der Waals surface area (Å²) in [5.41, 5.74) is 0. The van der Waals surface area contributed by atoms with E-state index in [0.29, 0.717) is 5.92 Å². The maximum atomic E-state index is 11.1. The van der Waals surface area contributed by atoms with Crippen LogP contribution in [0, 0.1) is 5.92 Å². The molecule has 0 spiro atoms. The Morgan fingerprint density at radius 3 is 2.50 bits per heavy atom. The van der Waals surface area contributed by atoms with Crippen molar-refractivity contribution in [3.05, 3.63) is 12.2 Å². The number of hydrogen-bond acceptors (Lipinski definition) is 0. The van der Waals surface area contributed by atoms with E-state index in [1.54, 1.807) is 0 Å². The van der Waals surface area contributed by atoms with Gasteiger partial charge in [-0.25, -0.2) is 5.11 Å². The van der Waals surface area contributed by atoms with Gasteiger partial charge in [0.25, 0.3) is 0 Å². The van der Waals surface area contributed by atoms with Gasteiger partial charge in [-0.2, -0.15) is 0 Å². The van der Waals surface area contributed by atoms with E-state index in [4.69, 9.17) is 0 Å². The fraction of sp³-hybridized carbons (Fsp3) is 0.778. The molecule has 0 aliphatic carbocycles. The summed E-state index contributed by atoms with van der Waals surface area (Å²) >= 11 is 0. The molecule has 0 N–H and O–H groups in total. The molecule has 0 saturated carbocycles. The van der Waals surface area contributed by atoms with Gasteiger partial charge in [-0.15, -0.1) is 0 Å². The van der Waals surface area contributed by atoms with E-state index in [1.165, 1.54) is 0 Å². The molecule has 59 valence electrons. The summed E-state index contributed by atoms with van der Waals surface area (Å²) in [6.45, 7) is 5.95. The Bertz CT molecular complexity index is 96.9. The van der Waals surface area contributed by atoms with E-state index in [2.05, 4.69) is 6.08 Å². The van der Waals surface area contributed by atoms with Crippen molar-refractivity contribution in [1.82, 2.24) is 0 Å². The van der Waals surface area contributed by atoms with Crippen LogP contribution < -0.4 is 0 Å². The molecule has 0 fully saturated rings. The topological polar surface area (TPSA) is 19.9 Å². The first kappa shape index (κ1) is 9.70. The van der Waals surface area contributed by atoms with Crippen molar-refractivity contribution in [1.29, 1.82) is 0 Å². The van der Waals surface area contributed by atoms with Gasteiger partial charge in [0.2, 0.25) is 0 Å². The lowest BCUT2D eigenvalue weighted by Crippen LogP contribution is -2.13. The molecule has 0 heterocycles. The summed E-state index contributed by atoms with van der Waals surface area (Å²) in [6, 6.07) is 0. The van der Waals surface area contributed by atoms with Gasteiger partial charge < -0.3 is 0 Å². The van der Waals surface area contributed by atoms with Gasteiger partial charge >= 0.3 is 0 Å². The van der Waals surface area contributed by atoms with Gasteiger partial charge in [0, 0.05) is 0 Å². The Kier molecular flexibility index (Phi) is 5.32. The van der Waals surface area contributed by atoms with Crippen molar-refractivity contribution in [3.8, 4) is 0 Å². The minimum atomic E-state index is -0.379. The standard InChI is InChI=1S/C9H17O/c1-4-6-7-8(3)9(10)5-2/h4,6,8-9H,5,7H2,1-3H3. The number of rotatable bonds is 4. The van der Waals surface area contributed by atoms with Gasteiger partial charge in [-0.3, -0.25) is 0 Å². The molecule has 0 aromatic carbocycles. The van der Waals surface area contributed by atoms with Crippen LogP contribution in [-0.2, 0) is 5.11 Å². The number of allylic oxidation sites excluding steroid dienone is 2. The fourth-order valence-corrected chi connectivity index (χ4v) is 0.905. The van der Waals surface area contributed by atoms with Gasteiger partial charge in [0.05, 0.1) is 6.10 Å². The molecule has 2 atom stereocenters. The minimum absolute atomic E-state index is 0.293. The SMILES string of the molecule is CC=CCC(C)C([O])CC. The molecule has 1 radical (unpaired) electrons. The van der Waals surface area contributed by atoms with Crippen LogP contribution in [0.1, 0.15) is 33.6 Å². The van der Waals surface area contributed by atoms with Crippen LogP contribution in [0.25, 0.3) is 0 Å².